The molecule has 0 aromatic carbocycles. The fourth-order valence-corrected chi connectivity index (χ4v) is 9.26. The molecule has 0 aromatic heterocycles. The normalized spacial score (nSPS) is 39.8. The minimum atomic E-state index is 0.0564. The van der Waals surface area contributed by atoms with E-state index in [0.29, 0.717) is 49.4 Å². The summed E-state index contributed by atoms with van der Waals surface area (Å²) in [6.45, 7) is 11.9. The Morgan fingerprint density at radius 3 is 2.21 bits per heavy atom. The van der Waals surface area contributed by atoms with Crippen LogP contribution in [0.1, 0.15) is 91.4 Å². The molecule has 4 aliphatic carbocycles. The van der Waals surface area contributed by atoms with E-state index in [1.165, 1.54) is 19.3 Å². The van der Waals surface area contributed by atoms with Crippen LogP contribution in [0.5, 0.6) is 0 Å². The predicted molar refractivity (Wildman–Crippen MR) is 157 cm³/mol. The lowest BCUT2D eigenvalue weighted by molar-refractivity contribution is -0.153. The van der Waals surface area contributed by atoms with Gasteiger partial charge in [0.2, 0.25) is 0 Å². The van der Waals surface area contributed by atoms with Crippen LogP contribution >= 0.6 is 0 Å². The van der Waals surface area contributed by atoms with Crippen LogP contribution in [0.25, 0.3) is 0 Å². The summed E-state index contributed by atoms with van der Waals surface area (Å²) in [5.41, 5.74) is 17.7. The van der Waals surface area contributed by atoms with E-state index >= 15 is 0 Å². The highest BCUT2D eigenvalue weighted by atomic mass is 16.5. The third kappa shape index (κ3) is 6.40. The van der Waals surface area contributed by atoms with Gasteiger partial charge in [0.25, 0.3) is 0 Å². The van der Waals surface area contributed by atoms with Gasteiger partial charge in [-0.2, -0.15) is 0 Å². The molecule has 0 aromatic rings. The Morgan fingerprint density at radius 2 is 1.54 bits per heavy atom. The van der Waals surface area contributed by atoms with Gasteiger partial charge in [-0.25, -0.2) is 0 Å². The number of hydrogen-bond acceptors (Lipinski definition) is 7. The molecule has 226 valence electrons. The second-order valence-corrected chi connectivity index (χ2v) is 13.5. The minimum absolute atomic E-state index is 0.0564. The van der Waals surface area contributed by atoms with Gasteiger partial charge in [-0.15, -0.1) is 0 Å². The van der Waals surface area contributed by atoms with Crippen LogP contribution in [0.15, 0.2) is 0 Å². The minimum Gasteiger partial charge on any atom is -0.396 e. The number of fused-ring (bicyclic) bond motifs is 5. The first-order valence-electron chi connectivity index (χ1n) is 16.1. The molecule has 0 heterocycles. The van der Waals surface area contributed by atoms with Crippen molar-refractivity contribution in [2.24, 2.45) is 51.7 Å². The van der Waals surface area contributed by atoms with Crippen molar-refractivity contribution in [3.63, 3.8) is 0 Å². The zero-order valence-corrected chi connectivity index (χ0v) is 25.2. The molecule has 0 bridgehead atoms. The van der Waals surface area contributed by atoms with E-state index in [1.54, 1.807) is 11.8 Å². The Morgan fingerprint density at radius 1 is 0.872 bits per heavy atom. The van der Waals surface area contributed by atoms with E-state index in [4.69, 9.17) is 31.4 Å². The SMILES string of the molecule is CC(CCO)C1CCC2[C]3C(OCCCN)C[C]4CC(OCCCN)CCC4(C)C3CC(OCCCN)C21C. The van der Waals surface area contributed by atoms with Crippen LogP contribution in [0.4, 0.5) is 0 Å². The fraction of sp³-hybridized carbons (Fsp3) is 0.938. The van der Waals surface area contributed by atoms with Crippen LogP contribution < -0.4 is 17.2 Å². The average Bonchev–Trinajstić information content (AvgIpc) is 3.28. The van der Waals surface area contributed by atoms with Gasteiger partial charge in [0, 0.05) is 37.8 Å². The van der Waals surface area contributed by atoms with Gasteiger partial charge >= 0.3 is 0 Å². The summed E-state index contributed by atoms with van der Waals surface area (Å²) in [7, 11) is 0. The Balaban J connectivity index is 1.64. The number of ether oxygens (including phenoxy) is 3. The van der Waals surface area contributed by atoms with Crippen molar-refractivity contribution in [3.05, 3.63) is 11.8 Å². The summed E-state index contributed by atoms with van der Waals surface area (Å²) < 4.78 is 19.9. The molecule has 7 heteroatoms. The van der Waals surface area contributed by atoms with Crippen molar-refractivity contribution in [3.8, 4) is 0 Å². The molecule has 0 spiro atoms. The van der Waals surface area contributed by atoms with E-state index in [0.717, 1.165) is 71.2 Å². The zero-order chi connectivity index (χ0) is 28.0. The number of hydrogen-bond donors (Lipinski definition) is 4. The molecule has 0 amide bonds. The fourth-order valence-electron chi connectivity index (χ4n) is 9.26. The first-order chi connectivity index (χ1) is 18.8. The second kappa shape index (κ2) is 14.3. The van der Waals surface area contributed by atoms with E-state index in [1.807, 2.05) is 0 Å². The van der Waals surface area contributed by atoms with Crippen molar-refractivity contribution in [1.82, 2.24) is 0 Å². The van der Waals surface area contributed by atoms with Gasteiger partial charge in [0.15, 0.2) is 0 Å². The predicted octanol–water partition coefficient (Wildman–Crippen LogP) is 4.00. The molecule has 7 N–H and O–H groups in total. The second-order valence-electron chi connectivity index (χ2n) is 13.5. The van der Waals surface area contributed by atoms with E-state index in [2.05, 4.69) is 20.8 Å². The number of aliphatic hydroxyl groups is 1. The lowest BCUT2D eigenvalue weighted by Crippen LogP contribution is -2.62. The summed E-state index contributed by atoms with van der Waals surface area (Å²) in [5.74, 6) is 5.31. The highest BCUT2D eigenvalue weighted by molar-refractivity contribution is 5.32. The quantitative estimate of drug-likeness (QED) is 0.227. The van der Waals surface area contributed by atoms with Crippen LogP contribution in [-0.2, 0) is 14.2 Å². The highest BCUT2D eigenvalue weighted by Crippen LogP contribution is 2.70. The molecule has 4 rings (SSSR count). The first-order valence-corrected chi connectivity index (χ1v) is 16.1. The Kier molecular flexibility index (Phi) is 11.6. The monoisotopic (exact) mass is 549 g/mol. The molecular formula is C32H59N3O4. The average molecular weight is 550 g/mol. The summed E-state index contributed by atoms with van der Waals surface area (Å²) in [6, 6.07) is 0. The number of nitrogens with two attached hydrogens (primary N) is 3. The van der Waals surface area contributed by atoms with Crippen LogP contribution in [0.3, 0.4) is 0 Å². The molecule has 9 atom stereocenters. The maximum atomic E-state index is 9.82. The molecule has 4 fully saturated rings. The Bertz CT molecular complexity index is 742. The molecule has 0 saturated heterocycles. The maximum Gasteiger partial charge on any atom is 0.0649 e. The van der Waals surface area contributed by atoms with Crippen LogP contribution in [-0.4, -0.2) is 69.5 Å². The van der Waals surface area contributed by atoms with E-state index in [9.17, 15) is 5.11 Å². The van der Waals surface area contributed by atoms with Crippen LogP contribution in [0.2, 0.25) is 0 Å². The third-order valence-electron chi connectivity index (χ3n) is 11.4. The number of rotatable bonds is 15. The molecule has 4 aliphatic rings. The molecule has 7 nitrogen and oxygen atoms in total. The van der Waals surface area contributed by atoms with Crippen molar-refractivity contribution in [2.45, 2.75) is 110 Å². The third-order valence-corrected chi connectivity index (χ3v) is 11.4. The lowest BCUT2D eigenvalue weighted by Gasteiger charge is -2.64. The number of aliphatic hydroxyl groups excluding tert-OH is 1. The van der Waals surface area contributed by atoms with Gasteiger partial charge in [-0.3, -0.25) is 0 Å². The molecule has 2 radical (unpaired) electrons. The molecule has 39 heavy (non-hydrogen) atoms. The standard InChI is InChI=1S/C32H59N3O4/c1-22(10-15-36)25-7-8-26-30-27(21-29(32(25,26)3)39-18-6-14-35)31(2)11-9-24(37-16-4-12-33)19-23(31)20-28(30)38-17-5-13-34/h22,24-29,36H,4-21,33-35H2,1-3H3. The van der Waals surface area contributed by atoms with Gasteiger partial charge in [-0.05, 0) is 125 Å². The summed E-state index contributed by atoms with van der Waals surface area (Å²) in [6.07, 6.45) is 12.1. The van der Waals surface area contributed by atoms with E-state index in [-0.39, 0.29) is 29.6 Å². The van der Waals surface area contributed by atoms with Crippen molar-refractivity contribution in [1.29, 1.82) is 0 Å². The van der Waals surface area contributed by atoms with Crippen molar-refractivity contribution in [2.75, 3.05) is 46.1 Å². The van der Waals surface area contributed by atoms with Crippen molar-refractivity contribution < 1.29 is 19.3 Å². The Labute approximate surface area is 238 Å². The van der Waals surface area contributed by atoms with Gasteiger partial charge in [0.05, 0.1) is 18.3 Å². The van der Waals surface area contributed by atoms with Gasteiger partial charge < -0.3 is 36.5 Å². The first kappa shape index (κ1) is 31.7. The Hall–Kier alpha value is -0.280. The largest absolute Gasteiger partial charge is 0.396 e. The van der Waals surface area contributed by atoms with Crippen molar-refractivity contribution >= 4 is 0 Å². The van der Waals surface area contributed by atoms with E-state index < -0.39 is 0 Å². The topological polar surface area (TPSA) is 126 Å². The smallest absolute Gasteiger partial charge is 0.0649 e. The molecular weight excluding hydrogens is 490 g/mol. The van der Waals surface area contributed by atoms with Crippen LogP contribution in [0, 0.1) is 46.3 Å². The molecule has 0 aliphatic heterocycles. The lowest BCUT2D eigenvalue weighted by atomic mass is 9.43. The summed E-state index contributed by atoms with van der Waals surface area (Å²) >= 11 is 0. The molecule has 9 unspecified atom stereocenters. The highest BCUT2D eigenvalue weighted by Gasteiger charge is 2.67. The summed E-state index contributed by atoms with van der Waals surface area (Å²) in [4.78, 5) is 0. The summed E-state index contributed by atoms with van der Waals surface area (Å²) in [5, 5.41) is 9.82. The van der Waals surface area contributed by atoms with Gasteiger partial charge in [-0.1, -0.05) is 20.8 Å². The molecule has 4 saturated carbocycles. The zero-order valence-electron chi connectivity index (χ0n) is 25.2. The van der Waals surface area contributed by atoms with Gasteiger partial charge in [0.1, 0.15) is 0 Å². The maximum absolute atomic E-state index is 9.82.